The number of aliphatic carboxylic acids is 1. The average Bonchev–Trinajstić information content (AvgIpc) is 1.81. The van der Waals surface area contributed by atoms with Gasteiger partial charge in [0.15, 0.2) is 0 Å². The molecule has 0 aliphatic carbocycles. The highest BCUT2D eigenvalue weighted by Gasteiger charge is 2.19. The smallest absolute Gasteiger partial charge is 0.305 e. The fourth-order valence-electron chi connectivity index (χ4n) is 1.36. The molecule has 2 N–H and O–H groups in total. The van der Waals surface area contributed by atoms with Gasteiger partial charge in [-0.3, -0.25) is 4.79 Å². The molecule has 0 saturated carbocycles. The van der Waals surface area contributed by atoms with Crippen LogP contribution in [-0.2, 0) is 4.79 Å². The molecule has 78 valence electrons. The number of nitrogens with zero attached hydrogens (tertiary/aromatic N) is 1. The monoisotopic (exact) mass is 189 g/mol. The number of carboxylic acid groups (broad SMARTS) is 1. The summed E-state index contributed by atoms with van der Waals surface area (Å²) in [5.41, 5.74) is 0. The van der Waals surface area contributed by atoms with Crippen LogP contribution in [0.4, 0.5) is 0 Å². The molecule has 0 aliphatic rings. The predicted molar refractivity (Wildman–Crippen MR) is 52.6 cm³/mol. The maximum Gasteiger partial charge on any atom is 0.305 e. The van der Waals surface area contributed by atoms with E-state index in [1.54, 1.807) is 0 Å². The normalized spacial score (nSPS) is 14.2. The summed E-state index contributed by atoms with van der Waals surface area (Å²) < 4.78 is 0.783. The lowest BCUT2D eigenvalue weighted by atomic mass is 10.2. The molecule has 0 unspecified atom stereocenters. The minimum atomic E-state index is -0.737. The van der Waals surface area contributed by atoms with Gasteiger partial charge < -0.3 is 14.9 Å². The van der Waals surface area contributed by atoms with E-state index in [9.17, 15) is 4.79 Å². The van der Waals surface area contributed by atoms with E-state index in [2.05, 4.69) is 26.5 Å². The standard InChI is InChI=1S/C9H20N2O2/c1-5-10-8(6-9(12)13)7-11(2,3)4/h8,10H,5-7H2,1-4H3/p+1/t8-/m1/s1. The predicted octanol–water partition coefficient (Wildman–Crippen LogP) is 0.145. The van der Waals surface area contributed by atoms with Crippen LogP contribution >= 0.6 is 0 Å². The Kier molecular flexibility index (Phi) is 4.95. The first kappa shape index (κ1) is 12.4. The fourth-order valence-corrected chi connectivity index (χ4v) is 1.36. The van der Waals surface area contributed by atoms with E-state index in [-0.39, 0.29) is 12.5 Å². The molecule has 4 nitrogen and oxygen atoms in total. The minimum Gasteiger partial charge on any atom is -0.481 e. The van der Waals surface area contributed by atoms with E-state index >= 15 is 0 Å². The van der Waals surface area contributed by atoms with Gasteiger partial charge in [-0.05, 0) is 6.54 Å². The number of hydrogen-bond donors (Lipinski definition) is 2. The molecule has 0 rings (SSSR count). The summed E-state index contributed by atoms with van der Waals surface area (Å²) >= 11 is 0. The first-order valence-corrected chi connectivity index (χ1v) is 4.60. The van der Waals surface area contributed by atoms with Gasteiger partial charge in [0.05, 0.1) is 40.2 Å². The topological polar surface area (TPSA) is 49.3 Å². The molecule has 0 aromatic heterocycles. The molecule has 0 aliphatic heterocycles. The zero-order chi connectivity index (χ0) is 10.5. The number of carbonyl (C=O) groups is 1. The largest absolute Gasteiger partial charge is 0.481 e. The molecule has 1 atom stereocenters. The van der Waals surface area contributed by atoms with E-state index in [4.69, 9.17) is 5.11 Å². The Bertz CT molecular complexity index is 163. The second-order valence-corrected chi connectivity index (χ2v) is 4.33. The third-order valence-electron chi connectivity index (χ3n) is 1.68. The summed E-state index contributed by atoms with van der Waals surface area (Å²) in [5.74, 6) is -0.737. The van der Waals surface area contributed by atoms with Gasteiger partial charge in [0.1, 0.15) is 0 Å². The van der Waals surface area contributed by atoms with Gasteiger partial charge in [0.25, 0.3) is 0 Å². The lowest BCUT2D eigenvalue weighted by Gasteiger charge is -2.28. The van der Waals surface area contributed by atoms with Crippen molar-refractivity contribution in [1.82, 2.24) is 5.32 Å². The van der Waals surface area contributed by atoms with E-state index in [1.807, 2.05) is 6.92 Å². The van der Waals surface area contributed by atoms with Crippen LogP contribution in [0, 0.1) is 0 Å². The van der Waals surface area contributed by atoms with Crippen LogP contribution < -0.4 is 5.32 Å². The van der Waals surface area contributed by atoms with E-state index in [0.29, 0.717) is 0 Å². The Balaban J connectivity index is 4.01. The molecule has 0 amide bonds. The molecule has 0 radical (unpaired) electrons. The van der Waals surface area contributed by atoms with Crippen LogP contribution in [0.3, 0.4) is 0 Å². The number of carboxylic acids is 1. The van der Waals surface area contributed by atoms with Crippen LogP contribution in [0.15, 0.2) is 0 Å². The molecule has 13 heavy (non-hydrogen) atoms. The quantitative estimate of drug-likeness (QED) is 0.585. The summed E-state index contributed by atoms with van der Waals surface area (Å²) in [5, 5.41) is 11.8. The van der Waals surface area contributed by atoms with E-state index in [0.717, 1.165) is 17.6 Å². The fraction of sp³-hybridized carbons (Fsp3) is 0.889. The maximum absolute atomic E-state index is 10.5. The second kappa shape index (κ2) is 5.19. The molecule has 0 fully saturated rings. The third kappa shape index (κ3) is 7.74. The molecular weight excluding hydrogens is 168 g/mol. The van der Waals surface area contributed by atoms with Gasteiger partial charge in [-0.25, -0.2) is 0 Å². The Labute approximate surface area is 80.1 Å². The molecular formula is C9H21N2O2+. The van der Waals surface area contributed by atoms with E-state index < -0.39 is 5.97 Å². The summed E-state index contributed by atoms with van der Waals surface area (Å²) in [7, 11) is 6.19. The number of hydrogen-bond acceptors (Lipinski definition) is 2. The number of nitrogens with one attached hydrogen (secondary N) is 1. The van der Waals surface area contributed by atoms with Crippen molar-refractivity contribution in [3.63, 3.8) is 0 Å². The Morgan fingerprint density at radius 2 is 2.00 bits per heavy atom. The van der Waals surface area contributed by atoms with Gasteiger partial charge in [0, 0.05) is 0 Å². The minimum absolute atomic E-state index is 0.0718. The van der Waals surface area contributed by atoms with Crippen LogP contribution in [0.1, 0.15) is 13.3 Å². The van der Waals surface area contributed by atoms with Crippen LogP contribution in [-0.4, -0.2) is 55.8 Å². The number of likely N-dealkylation sites (N-methyl/N-ethyl adjacent to an activating group) is 2. The zero-order valence-corrected chi connectivity index (χ0v) is 9.00. The summed E-state index contributed by atoms with van der Waals surface area (Å²) in [6, 6.07) is 0.0718. The van der Waals surface area contributed by atoms with Crippen LogP contribution in [0.2, 0.25) is 0 Å². The van der Waals surface area contributed by atoms with Crippen molar-refractivity contribution in [2.45, 2.75) is 19.4 Å². The van der Waals surface area contributed by atoms with Gasteiger partial charge >= 0.3 is 5.97 Å². The van der Waals surface area contributed by atoms with Gasteiger partial charge in [-0.15, -0.1) is 0 Å². The molecule has 0 aromatic carbocycles. The Morgan fingerprint density at radius 1 is 1.46 bits per heavy atom. The number of quaternary nitrogens is 1. The van der Waals surface area contributed by atoms with Crippen molar-refractivity contribution in [1.29, 1.82) is 0 Å². The third-order valence-corrected chi connectivity index (χ3v) is 1.68. The Morgan fingerprint density at radius 3 is 2.31 bits per heavy atom. The van der Waals surface area contributed by atoms with Crippen molar-refractivity contribution < 1.29 is 14.4 Å². The second-order valence-electron chi connectivity index (χ2n) is 4.33. The van der Waals surface area contributed by atoms with Crippen molar-refractivity contribution in [2.24, 2.45) is 0 Å². The molecule has 0 spiro atoms. The van der Waals surface area contributed by atoms with Gasteiger partial charge in [-0.1, -0.05) is 6.92 Å². The van der Waals surface area contributed by atoms with Crippen molar-refractivity contribution in [3.05, 3.63) is 0 Å². The lowest BCUT2D eigenvalue weighted by molar-refractivity contribution is -0.871. The SMILES string of the molecule is CCN[C@H](CC(=O)O)C[N+](C)(C)C. The first-order chi connectivity index (χ1) is 5.85. The lowest BCUT2D eigenvalue weighted by Crippen LogP contribution is -2.47. The van der Waals surface area contributed by atoms with E-state index in [1.165, 1.54) is 0 Å². The van der Waals surface area contributed by atoms with Crippen molar-refractivity contribution >= 4 is 5.97 Å². The van der Waals surface area contributed by atoms with Gasteiger partial charge in [-0.2, -0.15) is 0 Å². The first-order valence-electron chi connectivity index (χ1n) is 4.60. The molecule has 4 heteroatoms. The molecule has 0 heterocycles. The van der Waals surface area contributed by atoms with Gasteiger partial charge in [0.2, 0.25) is 0 Å². The number of rotatable bonds is 6. The summed E-state index contributed by atoms with van der Waals surface area (Å²) in [4.78, 5) is 10.5. The Hall–Kier alpha value is -0.610. The highest BCUT2D eigenvalue weighted by Crippen LogP contribution is 1.99. The van der Waals surface area contributed by atoms with Crippen molar-refractivity contribution in [3.8, 4) is 0 Å². The summed E-state index contributed by atoms with van der Waals surface area (Å²) in [6.07, 6.45) is 0.198. The summed E-state index contributed by atoms with van der Waals surface area (Å²) in [6.45, 7) is 3.64. The maximum atomic E-state index is 10.5. The zero-order valence-electron chi connectivity index (χ0n) is 9.00. The average molecular weight is 189 g/mol. The van der Waals surface area contributed by atoms with Crippen molar-refractivity contribution in [2.75, 3.05) is 34.2 Å². The molecule has 0 saturated heterocycles. The molecule has 0 bridgehead atoms. The highest BCUT2D eigenvalue weighted by molar-refractivity contribution is 5.67. The molecule has 0 aromatic rings. The highest BCUT2D eigenvalue weighted by atomic mass is 16.4. The van der Waals surface area contributed by atoms with Crippen LogP contribution in [0.5, 0.6) is 0 Å². The van der Waals surface area contributed by atoms with Crippen LogP contribution in [0.25, 0.3) is 0 Å².